The molecule has 0 saturated heterocycles. The van der Waals surface area contributed by atoms with Crippen molar-refractivity contribution in [3.05, 3.63) is 59.7 Å². The van der Waals surface area contributed by atoms with Crippen LogP contribution in [0.2, 0.25) is 0 Å². The number of carboxylic acid groups (broad SMARTS) is 1. The van der Waals surface area contributed by atoms with Gasteiger partial charge in [0.25, 0.3) is 0 Å². The molecule has 7 nitrogen and oxygen atoms in total. The Morgan fingerprint density at radius 1 is 0.794 bits per heavy atom. The molecule has 4 atom stereocenters. The minimum absolute atomic E-state index is 0.0151. The number of nitrogens with one attached hydrogen (secondary N) is 2. The third-order valence-electron chi connectivity index (χ3n) is 7.60. The van der Waals surface area contributed by atoms with Crippen molar-refractivity contribution in [1.82, 2.24) is 10.6 Å². The van der Waals surface area contributed by atoms with Crippen LogP contribution in [0.4, 0.5) is 4.79 Å². The van der Waals surface area contributed by atoms with Gasteiger partial charge in [-0.1, -0.05) is 48.5 Å². The molecule has 2 fully saturated rings. The standard InChI is InChI=1S/C27H30N2O5/c30-25(28-18-12-10-17(14-18)26(31)32)16-9-11-19(13-16)29-27(33)34-15-24-22-7-3-1-5-20(22)21-6-2-4-8-23(21)24/h1-8,16-19,24H,9-15H2,(H,28,30)(H,29,33)(H,31,32). The maximum atomic E-state index is 12.6. The van der Waals surface area contributed by atoms with Crippen LogP contribution in [0.25, 0.3) is 11.1 Å². The Kier molecular flexibility index (Phi) is 6.26. The molecule has 4 unspecified atom stereocenters. The van der Waals surface area contributed by atoms with Gasteiger partial charge in [-0.25, -0.2) is 4.79 Å². The molecule has 2 aromatic rings. The first-order valence-electron chi connectivity index (χ1n) is 12.1. The third-order valence-corrected chi connectivity index (χ3v) is 7.60. The van der Waals surface area contributed by atoms with Gasteiger partial charge in [0, 0.05) is 23.9 Å². The minimum atomic E-state index is -0.787. The Labute approximate surface area is 198 Å². The molecule has 3 aliphatic rings. The summed E-state index contributed by atoms with van der Waals surface area (Å²) in [5, 5.41) is 15.1. The van der Waals surface area contributed by atoms with Crippen molar-refractivity contribution in [2.24, 2.45) is 11.8 Å². The van der Waals surface area contributed by atoms with Crippen LogP contribution in [0.1, 0.15) is 55.6 Å². The van der Waals surface area contributed by atoms with Crippen molar-refractivity contribution >= 4 is 18.0 Å². The molecular formula is C27H30N2O5. The van der Waals surface area contributed by atoms with Gasteiger partial charge in [0.2, 0.25) is 5.91 Å². The lowest BCUT2D eigenvalue weighted by atomic mass is 9.98. The highest BCUT2D eigenvalue weighted by molar-refractivity contribution is 5.80. The van der Waals surface area contributed by atoms with Gasteiger partial charge in [-0.15, -0.1) is 0 Å². The van der Waals surface area contributed by atoms with Crippen LogP contribution in [-0.4, -0.2) is 41.8 Å². The van der Waals surface area contributed by atoms with Gasteiger partial charge in [0.1, 0.15) is 6.61 Å². The van der Waals surface area contributed by atoms with E-state index in [0.717, 1.165) is 6.42 Å². The molecule has 7 heteroatoms. The van der Waals surface area contributed by atoms with E-state index in [4.69, 9.17) is 9.84 Å². The molecule has 0 radical (unpaired) electrons. The van der Waals surface area contributed by atoms with Gasteiger partial charge >= 0.3 is 12.1 Å². The van der Waals surface area contributed by atoms with E-state index in [-0.39, 0.29) is 42.4 Å². The van der Waals surface area contributed by atoms with Crippen LogP contribution >= 0.6 is 0 Å². The zero-order valence-electron chi connectivity index (χ0n) is 19.0. The summed E-state index contributed by atoms with van der Waals surface area (Å²) in [6.45, 7) is 0.267. The Hall–Kier alpha value is -3.35. The largest absolute Gasteiger partial charge is 0.481 e. The van der Waals surface area contributed by atoms with Gasteiger partial charge in [0.05, 0.1) is 5.92 Å². The van der Waals surface area contributed by atoms with Crippen LogP contribution < -0.4 is 10.6 Å². The summed E-state index contributed by atoms with van der Waals surface area (Å²) >= 11 is 0. The summed E-state index contributed by atoms with van der Waals surface area (Å²) in [5.41, 5.74) is 4.72. The molecule has 5 rings (SSSR count). The number of hydrogen-bond donors (Lipinski definition) is 3. The minimum Gasteiger partial charge on any atom is -0.481 e. The van der Waals surface area contributed by atoms with E-state index in [1.54, 1.807) is 0 Å². The van der Waals surface area contributed by atoms with E-state index >= 15 is 0 Å². The summed E-state index contributed by atoms with van der Waals surface area (Å²) in [5.74, 6) is -1.33. The number of ether oxygens (including phenoxy) is 1. The van der Waals surface area contributed by atoms with E-state index in [9.17, 15) is 14.4 Å². The Balaban J connectivity index is 1.10. The molecule has 2 aromatic carbocycles. The molecule has 0 spiro atoms. The summed E-state index contributed by atoms with van der Waals surface area (Å²) in [4.78, 5) is 36.3. The number of carbonyl (C=O) groups is 3. The zero-order valence-corrected chi connectivity index (χ0v) is 19.0. The fraction of sp³-hybridized carbons (Fsp3) is 0.444. The van der Waals surface area contributed by atoms with Crippen LogP contribution in [0.5, 0.6) is 0 Å². The fourth-order valence-electron chi connectivity index (χ4n) is 5.81. The number of carbonyl (C=O) groups excluding carboxylic acids is 2. The number of aliphatic carboxylic acids is 1. The topological polar surface area (TPSA) is 105 Å². The second-order valence-electron chi connectivity index (χ2n) is 9.73. The van der Waals surface area contributed by atoms with E-state index < -0.39 is 12.1 Å². The van der Waals surface area contributed by atoms with Crippen LogP contribution in [0.15, 0.2) is 48.5 Å². The van der Waals surface area contributed by atoms with E-state index in [1.807, 2.05) is 24.3 Å². The van der Waals surface area contributed by atoms with Crippen LogP contribution in [0, 0.1) is 11.8 Å². The van der Waals surface area contributed by atoms with Gasteiger partial charge < -0.3 is 20.5 Å². The summed E-state index contributed by atoms with van der Waals surface area (Å²) < 4.78 is 5.63. The Morgan fingerprint density at radius 2 is 1.35 bits per heavy atom. The van der Waals surface area contributed by atoms with Crippen molar-refractivity contribution in [2.75, 3.05) is 6.61 Å². The number of benzene rings is 2. The quantitative estimate of drug-likeness (QED) is 0.600. The lowest BCUT2D eigenvalue weighted by Crippen LogP contribution is -2.38. The molecule has 178 valence electrons. The lowest BCUT2D eigenvalue weighted by Gasteiger charge is -2.18. The highest BCUT2D eigenvalue weighted by Gasteiger charge is 2.35. The zero-order chi connectivity index (χ0) is 23.7. The van der Waals surface area contributed by atoms with E-state index in [0.29, 0.717) is 32.1 Å². The monoisotopic (exact) mass is 462 g/mol. The predicted octanol–water partition coefficient (Wildman–Crippen LogP) is 4.06. The molecule has 0 aliphatic heterocycles. The predicted molar refractivity (Wildman–Crippen MR) is 126 cm³/mol. The number of carboxylic acids is 1. The van der Waals surface area contributed by atoms with Gasteiger partial charge in [-0.2, -0.15) is 0 Å². The highest BCUT2D eigenvalue weighted by Crippen LogP contribution is 2.44. The van der Waals surface area contributed by atoms with Gasteiger partial charge in [-0.3, -0.25) is 9.59 Å². The number of rotatable bonds is 6. The Morgan fingerprint density at radius 3 is 1.97 bits per heavy atom. The van der Waals surface area contributed by atoms with Crippen LogP contribution in [0.3, 0.4) is 0 Å². The van der Waals surface area contributed by atoms with Crippen molar-refractivity contribution in [3.63, 3.8) is 0 Å². The molecule has 34 heavy (non-hydrogen) atoms. The molecule has 0 aromatic heterocycles. The molecule has 0 heterocycles. The van der Waals surface area contributed by atoms with Crippen molar-refractivity contribution < 1.29 is 24.2 Å². The summed E-state index contributed by atoms with van der Waals surface area (Å²) in [7, 11) is 0. The number of hydrogen-bond acceptors (Lipinski definition) is 4. The summed E-state index contributed by atoms with van der Waals surface area (Å²) in [6.07, 6.45) is 3.36. The first-order chi connectivity index (χ1) is 16.5. The maximum Gasteiger partial charge on any atom is 0.407 e. The van der Waals surface area contributed by atoms with Crippen molar-refractivity contribution in [2.45, 2.75) is 56.5 Å². The smallest absolute Gasteiger partial charge is 0.407 e. The molecular weight excluding hydrogens is 432 g/mol. The number of amides is 2. The Bertz CT molecular complexity index is 1050. The van der Waals surface area contributed by atoms with Gasteiger partial charge in [0.15, 0.2) is 0 Å². The van der Waals surface area contributed by atoms with E-state index in [1.165, 1.54) is 22.3 Å². The molecule has 3 N–H and O–H groups in total. The lowest BCUT2D eigenvalue weighted by molar-refractivity contribution is -0.141. The average Bonchev–Trinajstić information content (AvgIpc) is 3.56. The highest BCUT2D eigenvalue weighted by atomic mass is 16.5. The van der Waals surface area contributed by atoms with Crippen LogP contribution in [-0.2, 0) is 14.3 Å². The SMILES string of the molecule is O=C(NC1CCC(C(=O)NC2CCC(C(=O)O)C2)C1)OCC1c2ccccc2-c2ccccc21. The molecule has 2 saturated carbocycles. The fourth-order valence-corrected chi connectivity index (χ4v) is 5.81. The second-order valence-corrected chi connectivity index (χ2v) is 9.73. The second kappa shape index (κ2) is 9.49. The normalized spacial score (nSPS) is 25.4. The molecule has 2 amide bonds. The first kappa shape index (κ1) is 22.4. The third kappa shape index (κ3) is 4.52. The van der Waals surface area contributed by atoms with Crippen molar-refractivity contribution in [3.8, 4) is 11.1 Å². The first-order valence-corrected chi connectivity index (χ1v) is 12.1. The van der Waals surface area contributed by atoms with Crippen molar-refractivity contribution in [1.29, 1.82) is 0 Å². The average molecular weight is 463 g/mol. The molecule has 0 bridgehead atoms. The number of fused-ring (bicyclic) bond motifs is 3. The van der Waals surface area contributed by atoms with E-state index in [2.05, 4.69) is 34.9 Å². The summed E-state index contributed by atoms with van der Waals surface area (Å²) in [6, 6.07) is 16.3. The van der Waals surface area contributed by atoms with Gasteiger partial charge in [-0.05, 0) is 60.8 Å². The maximum absolute atomic E-state index is 12.6. The number of alkyl carbamates (subject to hydrolysis) is 1. The molecule has 3 aliphatic carbocycles.